The van der Waals surface area contributed by atoms with E-state index in [1.807, 2.05) is 5.01 Å². The first kappa shape index (κ1) is 8.97. The maximum atomic E-state index is 5.65. The highest BCUT2D eigenvalue weighted by atomic mass is 15.4. The second-order valence-corrected chi connectivity index (χ2v) is 3.34. The number of hydrazine groups is 1. The lowest BCUT2D eigenvalue weighted by atomic mass is 10.1. The zero-order valence-electron chi connectivity index (χ0n) is 7.58. The maximum Gasteiger partial charge on any atom is 0.0143 e. The third kappa shape index (κ3) is 2.43. The van der Waals surface area contributed by atoms with Gasteiger partial charge in [-0.3, -0.25) is 5.84 Å². The summed E-state index contributed by atoms with van der Waals surface area (Å²) in [4.78, 5) is 2.41. The molecule has 0 saturated carbocycles. The van der Waals surface area contributed by atoms with Gasteiger partial charge in [-0.15, -0.1) is 0 Å². The number of nitrogens with two attached hydrogens (primary N) is 1. The van der Waals surface area contributed by atoms with Crippen molar-refractivity contribution in [2.24, 2.45) is 5.84 Å². The average Bonchev–Trinajstić information content (AvgIpc) is 2.05. The molecule has 1 rings (SSSR count). The predicted octanol–water partition coefficient (Wildman–Crippen LogP) is 0.276. The molecule has 3 nitrogen and oxygen atoms in total. The zero-order valence-corrected chi connectivity index (χ0v) is 7.58. The van der Waals surface area contributed by atoms with Crippen molar-refractivity contribution >= 4 is 0 Å². The van der Waals surface area contributed by atoms with E-state index in [-0.39, 0.29) is 0 Å². The van der Waals surface area contributed by atoms with E-state index in [2.05, 4.69) is 18.9 Å². The first-order valence-electron chi connectivity index (χ1n) is 4.44. The first-order valence-corrected chi connectivity index (χ1v) is 4.44. The summed E-state index contributed by atoms with van der Waals surface area (Å²) >= 11 is 0. The number of piperidine rings is 1. The summed E-state index contributed by atoms with van der Waals surface area (Å²) < 4.78 is 0. The molecule has 0 radical (unpaired) electrons. The third-order valence-electron chi connectivity index (χ3n) is 2.62. The summed E-state index contributed by atoms with van der Waals surface area (Å²) in [5.74, 6) is 5.65. The van der Waals surface area contributed by atoms with Gasteiger partial charge in [-0.25, -0.2) is 5.01 Å². The van der Waals surface area contributed by atoms with Crippen LogP contribution in [0.1, 0.15) is 19.8 Å². The largest absolute Gasteiger partial charge is 0.304 e. The van der Waals surface area contributed by atoms with Gasteiger partial charge < -0.3 is 4.90 Å². The minimum Gasteiger partial charge on any atom is -0.304 e. The van der Waals surface area contributed by atoms with E-state index in [4.69, 9.17) is 5.84 Å². The lowest BCUT2D eigenvalue weighted by Crippen LogP contribution is -2.45. The molecule has 0 spiro atoms. The standard InChI is InChI=1S/C8H19N3/c1-3-10(2)8-4-6-11(9)7-5-8/h8H,3-7,9H2,1-2H3. The van der Waals surface area contributed by atoms with Gasteiger partial charge in [-0.2, -0.15) is 0 Å². The molecule has 0 aromatic carbocycles. The van der Waals surface area contributed by atoms with Crippen molar-refractivity contribution < 1.29 is 0 Å². The molecule has 0 bridgehead atoms. The van der Waals surface area contributed by atoms with Crippen molar-refractivity contribution in [3.05, 3.63) is 0 Å². The normalized spacial score (nSPS) is 22.9. The fourth-order valence-electron chi connectivity index (χ4n) is 1.58. The first-order chi connectivity index (χ1) is 5.24. The van der Waals surface area contributed by atoms with Gasteiger partial charge in [0.2, 0.25) is 0 Å². The summed E-state index contributed by atoms with van der Waals surface area (Å²) in [6.07, 6.45) is 2.45. The number of hydrogen-bond donors (Lipinski definition) is 1. The Bertz CT molecular complexity index is 108. The molecule has 1 aliphatic heterocycles. The van der Waals surface area contributed by atoms with Crippen molar-refractivity contribution in [2.75, 3.05) is 26.7 Å². The fourth-order valence-corrected chi connectivity index (χ4v) is 1.58. The van der Waals surface area contributed by atoms with Gasteiger partial charge in [0.15, 0.2) is 0 Å². The van der Waals surface area contributed by atoms with Crippen molar-refractivity contribution in [1.82, 2.24) is 9.91 Å². The van der Waals surface area contributed by atoms with Crippen molar-refractivity contribution in [3.63, 3.8) is 0 Å². The topological polar surface area (TPSA) is 32.5 Å². The molecule has 0 aliphatic carbocycles. The molecule has 1 fully saturated rings. The second-order valence-electron chi connectivity index (χ2n) is 3.34. The highest BCUT2D eigenvalue weighted by Gasteiger charge is 2.19. The highest BCUT2D eigenvalue weighted by molar-refractivity contribution is 4.75. The van der Waals surface area contributed by atoms with Crippen LogP contribution in [0.4, 0.5) is 0 Å². The van der Waals surface area contributed by atoms with Gasteiger partial charge in [0.05, 0.1) is 0 Å². The number of nitrogens with zero attached hydrogens (tertiary/aromatic N) is 2. The van der Waals surface area contributed by atoms with Crippen LogP contribution in [0.5, 0.6) is 0 Å². The van der Waals surface area contributed by atoms with Crippen LogP contribution >= 0.6 is 0 Å². The molecule has 1 aliphatic rings. The summed E-state index contributed by atoms with van der Waals surface area (Å²) in [5, 5.41) is 1.92. The van der Waals surface area contributed by atoms with E-state index < -0.39 is 0 Å². The predicted molar refractivity (Wildman–Crippen MR) is 47.1 cm³/mol. The Morgan fingerprint density at radius 3 is 2.45 bits per heavy atom. The van der Waals surface area contributed by atoms with Crippen LogP contribution in [-0.2, 0) is 0 Å². The third-order valence-corrected chi connectivity index (χ3v) is 2.62. The monoisotopic (exact) mass is 157 g/mol. The fraction of sp³-hybridized carbons (Fsp3) is 1.00. The quantitative estimate of drug-likeness (QED) is 0.584. The Kier molecular flexibility index (Phi) is 3.30. The average molecular weight is 157 g/mol. The molecule has 0 aromatic rings. The number of hydrogen-bond acceptors (Lipinski definition) is 3. The molecule has 0 amide bonds. The van der Waals surface area contributed by atoms with Crippen LogP contribution < -0.4 is 5.84 Å². The zero-order chi connectivity index (χ0) is 8.27. The van der Waals surface area contributed by atoms with Crippen molar-refractivity contribution in [1.29, 1.82) is 0 Å². The second kappa shape index (κ2) is 4.04. The minimum atomic E-state index is 0.764. The number of rotatable bonds is 2. The van der Waals surface area contributed by atoms with Gasteiger partial charge in [0.1, 0.15) is 0 Å². The van der Waals surface area contributed by atoms with Crippen LogP contribution in [0, 0.1) is 0 Å². The van der Waals surface area contributed by atoms with Crippen LogP contribution in [0.25, 0.3) is 0 Å². The Hall–Kier alpha value is -0.120. The molecular formula is C8H19N3. The van der Waals surface area contributed by atoms with Gasteiger partial charge in [-0.05, 0) is 26.4 Å². The lowest BCUT2D eigenvalue weighted by Gasteiger charge is -2.34. The highest BCUT2D eigenvalue weighted by Crippen LogP contribution is 2.12. The molecule has 1 heterocycles. The van der Waals surface area contributed by atoms with E-state index in [0.29, 0.717) is 0 Å². The van der Waals surface area contributed by atoms with E-state index in [1.165, 1.54) is 12.8 Å². The summed E-state index contributed by atoms with van der Waals surface area (Å²) in [6.45, 7) is 5.45. The van der Waals surface area contributed by atoms with Gasteiger partial charge in [0.25, 0.3) is 0 Å². The van der Waals surface area contributed by atoms with E-state index in [9.17, 15) is 0 Å². The van der Waals surface area contributed by atoms with Gasteiger partial charge >= 0.3 is 0 Å². The van der Waals surface area contributed by atoms with E-state index in [1.54, 1.807) is 0 Å². The molecule has 0 unspecified atom stereocenters. The Morgan fingerprint density at radius 1 is 1.45 bits per heavy atom. The van der Waals surface area contributed by atoms with Crippen molar-refractivity contribution in [2.45, 2.75) is 25.8 Å². The summed E-state index contributed by atoms with van der Waals surface area (Å²) in [6, 6.07) is 0.764. The molecule has 3 heteroatoms. The molecular weight excluding hydrogens is 138 g/mol. The van der Waals surface area contributed by atoms with Gasteiger partial charge in [-0.1, -0.05) is 6.92 Å². The molecule has 66 valence electrons. The smallest absolute Gasteiger partial charge is 0.0143 e. The summed E-state index contributed by atoms with van der Waals surface area (Å²) in [5.41, 5.74) is 0. The van der Waals surface area contributed by atoms with Crippen LogP contribution in [0.3, 0.4) is 0 Å². The minimum absolute atomic E-state index is 0.764. The molecule has 11 heavy (non-hydrogen) atoms. The maximum absolute atomic E-state index is 5.65. The molecule has 2 N–H and O–H groups in total. The summed E-state index contributed by atoms with van der Waals surface area (Å²) in [7, 11) is 2.19. The Morgan fingerprint density at radius 2 is 2.00 bits per heavy atom. The Balaban J connectivity index is 2.27. The molecule has 0 aromatic heterocycles. The van der Waals surface area contributed by atoms with Crippen LogP contribution in [0.2, 0.25) is 0 Å². The lowest BCUT2D eigenvalue weighted by molar-refractivity contribution is 0.133. The molecule has 1 saturated heterocycles. The SMILES string of the molecule is CCN(C)C1CCN(N)CC1. The van der Waals surface area contributed by atoms with Crippen LogP contribution in [0.15, 0.2) is 0 Å². The van der Waals surface area contributed by atoms with Gasteiger partial charge in [0, 0.05) is 19.1 Å². The van der Waals surface area contributed by atoms with Crippen LogP contribution in [-0.4, -0.2) is 42.6 Å². The molecule has 0 atom stereocenters. The van der Waals surface area contributed by atoms with E-state index in [0.717, 1.165) is 25.7 Å². The van der Waals surface area contributed by atoms with E-state index >= 15 is 0 Å². The van der Waals surface area contributed by atoms with Crippen molar-refractivity contribution in [3.8, 4) is 0 Å². The Labute approximate surface area is 69.1 Å².